The largest absolute Gasteiger partial charge is 0.497 e. The van der Waals surface area contributed by atoms with Crippen molar-refractivity contribution in [3.05, 3.63) is 60.9 Å². The number of ether oxygens (including phenoxy) is 1. The lowest BCUT2D eigenvalue weighted by Gasteiger charge is -2.29. The normalized spacial score (nSPS) is 28.6. The lowest BCUT2D eigenvalue weighted by molar-refractivity contribution is 0.414. The Morgan fingerprint density at radius 3 is 2.90 bits per heavy atom. The van der Waals surface area contributed by atoms with Crippen LogP contribution < -0.4 is 10.2 Å². The first-order chi connectivity index (χ1) is 9.86. The Morgan fingerprint density at radius 1 is 1.25 bits per heavy atom. The molecule has 5 radical (unpaired) electrons. The van der Waals surface area contributed by atoms with Gasteiger partial charge in [-0.15, -0.1) is 0 Å². The van der Waals surface area contributed by atoms with E-state index in [-0.39, 0.29) is 0 Å². The molecule has 2 unspecified atom stereocenters. The SMILES string of the molecule is COc1ccc2c(c1)C1=NNC([C]3[CH][CH][CH][CH]3)C1CC2. The fourth-order valence-corrected chi connectivity index (χ4v) is 3.39. The quantitative estimate of drug-likeness (QED) is 0.890. The third-order valence-electron chi connectivity index (χ3n) is 4.44. The minimum atomic E-state index is 0.319. The average molecular weight is 265 g/mol. The molecule has 3 nitrogen and oxygen atoms in total. The van der Waals surface area contributed by atoms with Crippen molar-refractivity contribution in [3.8, 4) is 5.75 Å². The summed E-state index contributed by atoms with van der Waals surface area (Å²) < 4.78 is 5.35. The fourth-order valence-electron chi connectivity index (χ4n) is 3.39. The fraction of sp³-hybridized carbons (Fsp3) is 0.294. The molecule has 3 aliphatic rings. The van der Waals surface area contributed by atoms with Crippen LogP contribution in [0.5, 0.6) is 5.75 Å². The van der Waals surface area contributed by atoms with Crippen LogP contribution in [-0.2, 0) is 6.42 Å². The Hall–Kier alpha value is -1.51. The van der Waals surface area contributed by atoms with E-state index in [9.17, 15) is 0 Å². The Labute approximate surface area is 120 Å². The molecule has 1 N–H and O–H groups in total. The lowest BCUT2D eigenvalue weighted by atomic mass is 9.75. The summed E-state index contributed by atoms with van der Waals surface area (Å²) in [7, 11) is 1.71. The maximum atomic E-state index is 5.35. The average Bonchev–Trinajstić information content (AvgIpc) is 3.15. The van der Waals surface area contributed by atoms with Gasteiger partial charge in [0.15, 0.2) is 0 Å². The summed E-state index contributed by atoms with van der Waals surface area (Å²) in [6.07, 6.45) is 10.8. The molecule has 1 saturated carbocycles. The van der Waals surface area contributed by atoms with Crippen LogP contribution in [0.3, 0.4) is 0 Å². The van der Waals surface area contributed by atoms with Gasteiger partial charge >= 0.3 is 0 Å². The van der Waals surface area contributed by atoms with Crippen molar-refractivity contribution >= 4 is 5.71 Å². The Kier molecular flexibility index (Phi) is 2.94. The number of methoxy groups -OCH3 is 1. The van der Waals surface area contributed by atoms with Crippen LogP contribution in [0.4, 0.5) is 0 Å². The van der Waals surface area contributed by atoms with Gasteiger partial charge in [0.2, 0.25) is 0 Å². The number of nitrogens with zero attached hydrogens (tertiary/aromatic N) is 1. The number of hydrogen-bond donors (Lipinski definition) is 1. The molecule has 1 fully saturated rings. The van der Waals surface area contributed by atoms with E-state index in [1.54, 1.807) is 7.11 Å². The molecular weight excluding hydrogens is 248 g/mol. The molecule has 1 aliphatic heterocycles. The zero-order valence-electron chi connectivity index (χ0n) is 11.5. The first-order valence-electron chi connectivity index (χ1n) is 7.09. The molecule has 0 bridgehead atoms. The Morgan fingerprint density at radius 2 is 2.10 bits per heavy atom. The molecule has 2 atom stereocenters. The monoisotopic (exact) mass is 265 g/mol. The summed E-state index contributed by atoms with van der Waals surface area (Å²) in [5, 5.41) is 4.62. The molecule has 20 heavy (non-hydrogen) atoms. The highest BCUT2D eigenvalue weighted by Crippen LogP contribution is 2.39. The van der Waals surface area contributed by atoms with Gasteiger partial charge in [0.25, 0.3) is 0 Å². The molecule has 1 aromatic carbocycles. The van der Waals surface area contributed by atoms with E-state index >= 15 is 0 Å². The molecule has 2 aliphatic carbocycles. The molecule has 3 heteroatoms. The van der Waals surface area contributed by atoms with Crippen LogP contribution in [0.1, 0.15) is 17.5 Å². The molecule has 0 amide bonds. The maximum absolute atomic E-state index is 5.35. The summed E-state index contributed by atoms with van der Waals surface area (Å²) >= 11 is 0. The highest BCUT2D eigenvalue weighted by Gasteiger charge is 2.41. The van der Waals surface area contributed by atoms with Crippen molar-refractivity contribution in [2.75, 3.05) is 7.11 Å². The van der Waals surface area contributed by atoms with E-state index in [1.165, 1.54) is 22.8 Å². The molecule has 0 spiro atoms. The van der Waals surface area contributed by atoms with Crippen LogP contribution in [0.25, 0.3) is 0 Å². The molecular formula is C17H17N2O. The zero-order valence-corrected chi connectivity index (χ0v) is 11.5. The summed E-state index contributed by atoms with van der Waals surface area (Å²) in [5.41, 5.74) is 7.15. The first-order valence-corrected chi connectivity index (χ1v) is 7.09. The molecule has 101 valence electrons. The second-order valence-electron chi connectivity index (χ2n) is 5.49. The standard InChI is InChI=1S/C17H17N2O/c1-20-13-8-6-11-7-9-14-16(12-4-2-3-5-12)18-19-17(14)15(11)10-13/h2-6,8,10,14,16,18H,7,9H2,1H3. The van der Waals surface area contributed by atoms with Crippen LogP contribution in [0, 0.1) is 37.5 Å². The molecule has 0 aromatic heterocycles. The minimum Gasteiger partial charge on any atom is -0.497 e. The van der Waals surface area contributed by atoms with Crippen LogP contribution in [-0.4, -0.2) is 18.9 Å². The van der Waals surface area contributed by atoms with Crippen LogP contribution in [0.2, 0.25) is 0 Å². The van der Waals surface area contributed by atoms with Gasteiger partial charge in [0.05, 0.1) is 18.9 Å². The van der Waals surface area contributed by atoms with Gasteiger partial charge in [-0.1, -0.05) is 6.07 Å². The van der Waals surface area contributed by atoms with Gasteiger partial charge in [-0.3, -0.25) is 0 Å². The van der Waals surface area contributed by atoms with Gasteiger partial charge in [-0.25, -0.2) is 0 Å². The first kappa shape index (κ1) is 12.2. The number of aryl methyl sites for hydroxylation is 1. The van der Waals surface area contributed by atoms with Gasteiger partial charge < -0.3 is 10.2 Å². The van der Waals surface area contributed by atoms with E-state index in [2.05, 4.69) is 48.3 Å². The number of hydrazone groups is 1. The van der Waals surface area contributed by atoms with Crippen molar-refractivity contribution in [1.29, 1.82) is 0 Å². The van der Waals surface area contributed by atoms with Crippen molar-refractivity contribution < 1.29 is 4.74 Å². The van der Waals surface area contributed by atoms with Crippen molar-refractivity contribution in [2.45, 2.75) is 18.9 Å². The Balaban J connectivity index is 1.65. The molecule has 0 saturated heterocycles. The van der Waals surface area contributed by atoms with Crippen molar-refractivity contribution in [1.82, 2.24) is 5.43 Å². The maximum Gasteiger partial charge on any atom is 0.119 e. The minimum absolute atomic E-state index is 0.319. The van der Waals surface area contributed by atoms with E-state index in [0.29, 0.717) is 12.0 Å². The molecule has 1 aromatic rings. The predicted octanol–water partition coefficient (Wildman–Crippen LogP) is 2.34. The van der Waals surface area contributed by atoms with Crippen molar-refractivity contribution in [3.63, 3.8) is 0 Å². The van der Waals surface area contributed by atoms with Crippen LogP contribution in [0.15, 0.2) is 23.3 Å². The molecule has 1 heterocycles. The van der Waals surface area contributed by atoms with E-state index in [4.69, 9.17) is 4.74 Å². The van der Waals surface area contributed by atoms with Gasteiger partial charge in [-0.05, 0) is 56.2 Å². The van der Waals surface area contributed by atoms with E-state index < -0.39 is 0 Å². The molecule has 4 rings (SSSR count). The second-order valence-corrected chi connectivity index (χ2v) is 5.49. The summed E-state index contributed by atoms with van der Waals surface area (Å²) in [6, 6.07) is 6.65. The van der Waals surface area contributed by atoms with Gasteiger partial charge in [0.1, 0.15) is 5.75 Å². The van der Waals surface area contributed by atoms with Gasteiger partial charge in [0, 0.05) is 17.4 Å². The zero-order chi connectivity index (χ0) is 13.5. The summed E-state index contributed by atoms with van der Waals surface area (Å²) in [5.74, 6) is 2.71. The third kappa shape index (κ3) is 1.83. The van der Waals surface area contributed by atoms with Gasteiger partial charge in [-0.2, -0.15) is 5.10 Å². The van der Waals surface area contributed by atoms with Crippen LogP contribution >= 0.6 is 0 Å². The highest BCUT2D eigenvalue weighted by atomic mass is 16.5. The van der Waals surface area contributed by atoms with E-state index in [0.717, 1.165) is 18.6 Å². The van der Waals surface area contributed by atoms with Crippen molar-refractivity contribution in [2.24, 2.45) is 11.0 Å². The summed E-state index contributed by atoms with van der Waals surface area (Å²) in [4.78, 5) is 0. The number of benzene rings is 1. The number of rotatable bonds is 2. The Bertz CT molecular complexity index is 546. The number of hydrogen-bond acceptors (Lipinski definition) is 3. The highest BCUT2D eigenvalue weighted by molar-refractivity contribution is 6.06. The van der Waals surface area contributed by atoms with E-state index in [1.807, 2.05) is 6.07 Å². The smallest absolute Gasteiger partial charge is 0.119 e. The second kappa shape index (κ2) is 4.80. The number of fused-ring (bicyclic) bond motifs is 3. The predicted molar refractivity (Wildman–Crippen MR) is 78.7 cm³/mol. The third-order valence-corrected chi connectivity index (χ3v) is 4.44. The summed E-state index contributed by atoms with van der Waals surface area (Å²) in [6.45, 7) is 0. The topological polar surface area (TPSA) is 33.6 Å². The number of nitrogens with one attached hydrogen (secondary N) is 1. The lowest BCUT2D eigenvalue weighted by Crippen LogP contribution is -2.37.